The maximum atomic E-state index is 11.3. The summed E-state index contributed by atoms with van der Waals surface area (Å²) in [5, 5.41) is 28.7. The van der Waals surface area contributed by atoms with Gasteiger partial charge in [-0.05, 0) is 53.8 Å². The Bertz CT molecular complexity index is 2390. The van der Waals surface area contributed by atoms with Crippen molar-refractivity contribution in [3.05, 3.63) is 115 Å². The molecule has 6 rings (SSSR count). The van der Waals surface area contributed by atoms with Crippen molar-refractivity contribution in [2.45, 2.75) is 71.8 Å². The Hall–Kier alpha value is -3.56. The summed E-state index contributed by atoms with van der Waals surface area (Å²) in [4.78, 5) is 44.3. The van der Waals surface area contributed by atoms with Gasteiger partial charge in [-0.15, -0.1) is 0 Å². The number of aldehydes is 1. The van der Waals surface area contributed by atoms with E-state index in [2.05, 4.69) is 68.5 Å². The fourth-order valence-electron chi connectivity index (χ4n) is 4.65. The molecule has 0 fully saturated rings. The summed E-state index contributed by atoms with van der Waals surface area (Å²) in [5.41, 5.74) is 7.76. The Labute approximate surface area is 373 Å². The molecule has 0 spiro atoms. The molecule has 0 aliphatic heterocycles. The van der Waals surface area contributed by atoms with E-state index in [1.807, 2.05) is 27.8 Å². The number of thioether (sulfide) groups is 1. The lowest BCUT2D eigenvalue weighted by atomic mass is 10.3. The molecule has 0 aliphatic carbocycles. The van der Waals surface area contributed by atoms with Crippen LogP contribution >= 0.6 is 86.3 Å². The Kier molecular flexibility index (Phi) is 22.2. The molecule has 0 unspecified atom stereocenters. The Morgan fingerprint density at radius 2 is 1.17 bits per heavy atom. The van der Waals surface area contributed by atoms with Gasteiger partial charge in [0.25, 0.3) is 11.1 Å². The van der Waals surface area contributed by atoms with Gasteiger partial charge in [0.05, 0.1) is 34.9 Å². The molecule has 6 heterocycles. The predicted molar refractivity (Wildman–Crippen MR) is 239 cm³/mol. The first-order chi connectivity index (χ1) is 26.6. The van der Waals surface area contributed by atoms with Crippen molar-refractivity contribution in [3.8, 4) is 0 Å². The summed E-state index contributed by atoms with van der Waals surface area (Å²) >= 11 is 32.9. The minimum Gasteiger partial charge on any atom is -0.391 e. The number of halogens is 5. The summed E-state index contributed by atoms with van der Waals surface area (Å²) in [7, 11) is 7.08. The van der Waals surface area contributed by atoms with Gasteiger partial charge in [0.1, 0.15) is 20.6 Å². The molecule has 58 heavy (non-hydrogen) atoms. The molecule has 0 radical (unpaired) electrons. The topological polar surface area (TPSA) is 203 Å². The van der Waals surface area contributed by atoms with Gasteiger partial charge >= 0.3 is 0 Å². The van der Waals surface area contributed by atoms with Gasteiger partial charge in [-0.25, -0.2) is 4.98 Å². The molecule has 4 N–H and O–H groups in total. The average Bonchev–Trinajstić information content (AvgIpc) is 3.71. The number of carbonyl (C=O) groups excluding carboxylic acids is 1. The van der Waals surface area contributed by atoms with Crippen LogP contribution in [0.4, 0.5) is 0 Å². The van der Waals surface area contributed by atoms with Crippen molar-refractivity contribution in [1.29, 1.82) is 0 Å². The number of alkyl halides is 1. The third kappa shape index (κ3) is 15.2. The van der Waals surface area contributed by atoms with Crippen molar-refractivity contribution < 1.29 is 9.90 Å². The lowest BCUT2D eigenvalue weighted by molar-refractivity contribution is 0.112. The van der Waals surface area contributed by atoms with E-state index in [1.54, 1.807) is 56.0 Å². The fourth-order valence-corrected chi connectivity index (χ4v) is 7.77. The van der Waals surface area contributed by atoms with E-state index in [1.165, 1.54) is 28.6 Å². The lowest BCUT2D eigenvalue weighted by Gasteiger charge is -2.01. The molecule has 0 aliphatic rings. The van der Waals surface area contributed by atoms with Crippen LogP contribution in [0.15, 0.2) is 26.9 Å². The number of aromatic amines is 3. The predicted octanol–water partition coefficient (Wildman–Crippen LogP) is 7.79. The first-order valence-electron chi connectivity index (χ1n) is 16.5. The molecule has 23 heteroatoms. The van der Waals surface area contributed by atoms with Crippen LogP contribution in [0.3, 0.4) is 0 Å². The molecule has 0 saturated carbocycles. The van der Waals surface area contributed by atoms with Gasteiger partial charge in [0, 0.05) is 79.5 Å². The molecule has 0 amide bonds. The second-order valence-corrected chi connectivity index (χ2v) is 15.4. The monoisotopic (exact) mass is 982 g/mol. The molecular formula is C35H47BrCl4N12O4S2. The zero-order valence-electron chi connectivity index (χ0n) is 32.8. The first kappa shape index (κ1) is 52.5. The number of hydrogen-bond donors (Lipinski definition) is 4. The molecule has 0 bridgehead atoms. The van der Waals surface area contributed by atoms with E-state index in [0.29, 0.717) is 59.9 Å². The summed E-state index contributed by atoms with van der Waals surface area (Å²) in [5.74, 6) is 0.630. The van der Waals surface area contributed by atoms with Crippen molar-refractivity contribution >= 4 is 92.6 Å². The smallest absolute Gasteiger partial charge is 0.251 e. The van der Waals surface area contributed by atoms with Crippen molar-refractivity contribution in [2.75, 3.05) is 0 Å². The molecule has 0 saturated heterocycles. The minimum atomic E-state index is -0.156. The molecule has 6 aromatic heterocycles. The van der Waals surface area contributed by atoms with Crippen LogP contribution in [0.2, 0.25) is 20.6 Å². The van der Waals surface area contributed by atoms with Gasteiger partial charge in [-0.1, -0.05) is 81.5 Å². The lowest BCUT2D eigenvalue weighted by Crippen LogP contribution is -2.08. The van der Waals surface area contributed by atoms with Gasteiger partial charge in [0.2, 0.25) is 0 Å². The summed E-state index contributed by atoms with van der Waals surface area (Å²) < 4.78 is 6.70. The number of nitrogens with one attached hydrogen (secondary N) is 3. The van der Waals surface area contributed by atoms with Crippen LogP contribution in [0, 0.1) is 46.3 Å². The molecule has 318 valence electrons. The number of aryl methyl sites for hydroxylation is 10. The van der Waals surface area contributed by atoms with Gasteiger partial charge < -0.3 is 15.1 Å². The van der Waals surface area contributed by atoms with Crippen LogP contribution in [0.5, 0.6) is 0 Å². The number of rotatable bonds is 6. The quantitative estimate of drug-likeness (QED) is 0.0417. The normalized spacial score (nSPS) is 10.1. The van der Waals surface area contributed by atoms with Crippen LogP contribution in [-0.2, 0) is 45.9 Å². The number of carbonyl (C=O) groups is 1. The van der Waals surface area contributed by atoms with Crippen molar-refractivity contribution in [2.24, 2.45) is 28.2 Å². The van der Waals surface area contributed by atoms with E-state index in [0.717, 1.165) is 44.4 Å². The van der Waals surface area contributed by atoms with Gasteiger partial charge in [-0.3, -0.25) is 38.1 Å². The number of nitrogens with zero attached hydrogens (tertiary/aromatic N) is 9. The van der Waals surface area contributed by atoms with Crippen LogP contribution < -0.4 is 11.1 Å². The number of aromatic nitrogens is 12. The second-order valence-electron chi connectivity index (χ2n) is 12.0. The molecular weight excluding hydrogens is 938 g/mol. The van der Waals surface area contributed by atoms with E-state index in [9.17, 15) is 14.4 Å². The number of aliphatic hydroxyl groups is 1. The minimum absolute atomic E-state index is 0. The molecule has 0 aromatic carbocycles. The van der Waals surface area contributed by atoms with E-state index >= 15 is 0 Å². The zero-order valence-corrected chi connectivity index (χ0v) is 39.0. The van der Waals surface area contributed by atoms with Crippen LogP contribution in [0.25, 0.3) is 0 Å². The maximum absolute atomic E-state index is 11.3. The van der Waals surface area contributed by atoms with E-state index < -0.39 is 0 Å². The standard InChI is InChI=1S/C11H13ClN4OS.C6H8BrClN2.C6H9ClN2O.C6H7ClN2O.C5H6N2OS.CH4/c1-6-4-9(17)14-11(13-6)18-5-8-7(2)15-16(3)10(8)12;1-4-5(3-7)6(8)10(2)9-4;2*1-4-5(3-10)6(7)9(2)8-4;1-3-2-4(8)7-5(9)6-3;/h4H,5H2,1-3H3,(H,13,14,17);3H2,1-2H3;10H,3H2,1-2H3;3H,1-2H3;2H,1H3,(H2,6,7,8,9);1H4. The highest BCUT2D eigenvalue weighted by Crippen LogP contribution is 2.26. The summed E-state index contributed by atoms with van der Waals surface area (Å²) in [6, 6.07) is 2.92. The Morgan fingerprint density at radius 3 is 1.48 bits per heavy atom. The van der Waals surface area contributed by atoms with Crippen molar-refractivity contribution in [3.63, 3.8) is 0 Å². The van der Waals surface area contributed by atoms with Crippen molar-refractivity contribution in [1.82, 2.24) is 59.1 Å². The Balaban J connectivity index is 0.000000372. The van der Waals surface area contributed by atoms with Crippen LogP contribution in [0.1, 0.15) is 68.6 Å². The first-order valence-corrected chi connectivity index (χ1v) is 20.5. The third-order valence-electron chi connectivity index (χ3n) is 7.51. The van der Waals surface area contributed by atoms with Gasteiger partial charge in [0.15, 0.2) is 16.2 Å². The number of hydrogen-bond acceptors (Lipinski definition) is 11. The second kappa shape index (κ2) is 24.5. The number of aliphatic hydroxyl groups excluding tert-OH is 1. The average molecular weight is 986 g/mol. The number of H-pyrrole nitrogens is 3. The fraction of sp³-hybridized carbons (Fsp3) is 0.400. The summed E-state index contributed by atoms with van der Waals surface area (Å²) in [6.45, 7) is 11.0. The third-order valence-corrected chi connectivity index (χ3v) is 11.0. The Morgan fingerprint density at radius 1 is 0.724 bits per heavy atom. The maximum Gasteiger partial charge on any atom is 0.251 e. The summed E-state index contributed by atoms with van der Waals surface area (Å²) in [6.07, 6.45) is 0.713. The highest BCUT2D eigenvalue weighted by atomic mass is 79.9. The molecule has 6 aromatic rings. The van der Waals surface area contributed by atoms with E-state index in [4.69, 9.17) is 51.5 Å². The van der Waals surface area contributed by atoms with Gasteiger partial charge in [-0.2, -0.15) is 20.4 Å². The molecule has 16 nitrogen and oxygen atoms in total. The van der Waals surface area contributed by atoms with E-state index in [-0.39, 0.29) is 25.2 Å². The SMILES string of the molecule is C.Cc1cc(=O)[nH]c(=S)[nH]1.Cc1cc(=O)[nH]c(SCc2c(C)nn(C)c2Cl)n1.Cc1nn(C)c(Cl)c1C=O.Cc1nn(C)c(Cl)c1CBr.Cc1nn(C)c(Cl)c1CO. The van der Waals surface area contributed by atoms with Crippen LogP contribution in [-0.4, -0.2) is 70.5 Å². The molecule has 0 atom stereocenters. The highest BCUT2D eigenvalue weighted by Gasteiger charge is 2.13. The largest absolute Gasteiger partial charge is 0.391 e. The highest BCUT2D eigenvalue weighted by molar-refractivity contribution is 9.08. The zero-order chi connectivity index (χ0) is 43.3.